The van der Waals surface area contributed by atoms with Crippen molar-refractivity contribution in [3.8, 4) is 0 Å². The fraction of sp³-hybridized carbons (Fsp3) is 0.833. The number of rotatable bonds is 7. The standard InChI is InChI=1S/C12H25N/c1-6-7-8-11(4)12(5)9-13-10(2)3/h6,10-13H,1,7-9H2,2-5H3. The van der Waals surface area contributed by atoms with Crippen molar-refractivity contribution in [2.75, 3.05) is 6.54 Å². The van der Waals surface area contributed by atoms with Gasteiger partial charge in [0.15, 0.2) is 0 Å². The SMILES string of the molecule is C=CCCC(C)C(C)CNC(C)C. The average molecular weight is 183 g/mol. The molecular weight excluding hydrogens is 158 g/mol. The van der Waals surface area contributed by atoms with Gasteiger partial charge in [-0.1, -0.05) is 33.8 Å². The summed E-state index contributed by atoms with van der Waals surface area (Å²) < 4.78 is 0. The van der Waals surface area contributed by atoms with Crippen LogP contribution >= 0.6 is 0 Å². The van der Waals surface area contributed by atoms with Crippen molar-refractivity contribution in [1.29, 1.82) is 0 Å². The molecule has 0 bridgehead atoms. The van der Waals surface area contributed by atoms with Crippen molar-refractivity contribution in [3.05, 3.63) is 12.7 Å². The average Bonchev–Trinajstić information content (AvgIpc) is 2.10. The van der Waals surface area contributed by atoms with Gasteiger partial charge in [-0.2, -0.15) is 0 Å². The van der Waals surface area contributed by atoms with Gasteiger partial charge in [-0.25, -0.2) is 0 Å². The Morgan fingerprint density at radius 3 is 2.23 bits per heavy atom. The molecule has 0 aromatic carbocycles. The highest BCUT2D eigenvalue weighted by molar-refractivity contribution is 4.72. The van der Waals surface area contributed by atoms with E-state index in [4.69, 9.17) is 0 Å². The third-order valence-corrected chi connectivity index (χ3v) is 2.65. The first-order valence-corrected chi connectivity index (χ1v) is 5.42. The van der Waals surface area contributed by atoms with Gasteiger partial charge in [0.05, 0.1) is 0 Å². The van der Waals surface area contributed by atoms with Gasteiger partial charge in [-0.05, 0) is 31.2 Å². The van der Waals surface area contributed by atoms with Crippen LogP contribution in [0.5, 0.6) is 0 Å². The van der Waals surface area contributed by atoms with Crippen LogP contribution in [0.3, 0.4) is 0 Å². The zero-order valence-electron chi connectivity index (χ0n) is 9.64. The molecule has 0 radical (unpaired) electrons. The molecule has 2 atom stereocenters. The molecular formula is C12H25N. The first-order chi connectivity index (χ1) is 6.07. The second-order valence-electron chi connectivity index (χ2n) is 4.38. The van der Waals surface area contributed by atoms with Gasteiger partial charge in [0.1, 0.15) is 0 Å². The molecule has 0 aliphatic heterocycles. The third kappa shape index (κ3) is 6.83. The van der Waals surface area contributed by atoms with Crippen LogP contribution in [0.1, 0.15) is 40.5 Å². The summed E-state index contributed by atoms with van der Waals surface area (Å²) >= 11 is 0. The van der Waals surface area contributed by atoms with E-state index in [0.29, 0.717) is 6.04 Å². The van der Waals surface area contributed by atoms with E-state index in [0.717, 1.165) is 24.8 Å². The van der Waals surface area contributed by atoms with E-state index >= 15 is 0 Å². The maximum absolute atomic E-state index is 3.75. The van der Waals surface area contributed by atoms with Crippen LogP contribution < -0.4 is 5.32 Å². The fourth-order valence-electron chi connectivity index (χ4n) is 1.29. The van der Waals surface area contributed by atoms with E-state index in [1.54, 1.807) is 0 Å². The summed E-state index contributed by atoms with van der Waals surface area (Å²) in [5.74, 6) is 1.56. The Bertz CT molecular complexity index is 129. The van der Waals surface area contributed by atoms with Crippen molar-refractivity contribution >= 4 is 0 Å². The molecule has 0 aromatic rings. The first-order valence-electron chi connectivity index (χ1n) is 5.42. The van der Waals surface area contributed by atoms with Crippen molar-refractivity contribution in [2.24, 2.45) is 11.8 Å². The van der Waals surface area contributed by atoms with Gasteiger partial charge in [0, 0.05) is 6.04 Å². The van der Waals surface area contributed by atoms with Gasteiger partial charge in [-0.3, -0.25) is 0 Å². The molecule has 0 spiro atoms. The van der Waals surface area contributed by atoms with Crippen LogP contribution in [0.25, 0.3) is 0 Å². The Labute approximate surface area is 83.6 Å². The Balaban J connectivity index is 3.55. The highest BCUT2D eigenvalue weighted by Crippen LogP contribution is 2.16. The lowest BCUT2D eigenvalue weighted by atomic mass is 9.91. The van der Waals surface area contributed by atoms with E-state index in [1.165, 1.54) is 6.42 Å². The summed E-state index contributed by atoms with van der Waals surface area (Å²) in [6.45, 7) is 13.9. The van der Waals surface area contributed by atoms with E-state index < -0.39 is 0 Å². The van der Waals surface area contributed by atoms with Gasteiger partial charge >= 0.3 is 0 Å². The summed E-state index contributed by atoms with van der Waals surface area (Å²) in [7, 11) is 0. The number of allylic oxidation sites excluding steroid dienone is 1. The molecule has 0 aliphatic rings. The molecule has 1 heteroatoms. The molecule has 1 nitrogen and oxygen atoms in total. The maximum Gasteiger partial charge on any atom is 0.00104 e. The van der Waals surface area contributed by atoms with Crippen LogP contribution in [0, 0.1) is 11.8 Å². The molecule has 1 N–H and O–H groups in total. The zero-order valence-corrected chi connectivity index (χ0v) is 9.64. The van der Waals surface area contributed by atoms with Crippen molar-refractivity contribution in [3.63, 3.8) is 0 Å². The minimum Gasteiger partial charge on any atom is -0.314 e. The lowest BCUT2D eigenvalue weighted by molar-refractivity contribution is 0.340. The van der Waals surface area contributed by atoms with Crippen LogP contribution in [-0.2, 0) is 0 Å². The molecule has 0 rings (SSSR count). The summed E-state index contributed by atoms with van der Waals surface area (Å²) in [4.78, 5) is 0. The second kappa shape index (κ2) is 7.14. The molecule has 0 saturated carbocycles. The normalized spacial score (nSPS) is 15.8. The predicted molar refractivity (Wildman–Crippen MR) is 60.9 cm³/mol. The minimum atomic E-state index is 0.606. The van der Waals surface area contributed by atoms with Crippen molar-refractivity contribution in [2.45, 2.75) is 46.6 Å². The Hall–Kier alpha value is -0.300. The smallest absolute Gasteiger partial charge is 0.00104 e. The molecule has 0 fully saturated rings. The van der Waals surface area contributed by atoms with Crippen molar-refractivity contribution < 1.29 is 0 Å². The summed E-state index contributed by atoms with van der Waals surface area (Å²) in [5.41, 5.74) is 0. The molecule has 13 heavy (non-hydrogen) atoms. The molecule has 0 aliphatic carbocycles. The highest BCUT2D eigenvalue weighted by Gasteiger charge is 2.10. The molecule has 0 saturated heterocycles. The van der Waals surface area contributed by atoms with Gasteiger partial charge < -0.3 is 5.32 Å². The first kappa shape index (κ1) is 12.7. The van der Waals surface area contributed by atoms with E-state index in [-0.39, 0.29) is 0 Å². The number of hydrogen-bond donors (Lipinski definition) is 1. The van der Waals surface area contributed by atoms with Gasteiger partial charge in [0.2, 0.25) is 0 Å². The van der Waals surface area contributed by atoms with E-state index in [2.05, 4.69) is 39.6 Å². The summed E-state index contributed by atoms with van der Waals surface area (Å²) in [5, 5.41) is 3.48. The third-order valence-electron chi connectivity index (χ3n) is 2.65. The number of hydrogen-bond acceptors (Lipinski definition) is 1. The second-order valence-corrected chi connectivity index (χ2v) is 4.38. The maximum atomic E-state index is 3.75. The fourth-order valence-corrected chi connectivity index (χ4v) is 1.29. The summed E-state index contributed by atoms with van der Waals surface area (Å²) in [6, 6.07) is 0.606. The molecule has 0 heterocycles. The molecule has 2 unspecified atom stereocenters. The van der Waals surface area contributed by atoms with Crippen molar-refractivity contribution in [1.82, 2.24) is 5.32 Å². The van der Waals surface area contributed by atoms with Crippen LogP contribution in [0.2, 0.25) is 0 Å². The summed E-state index contributed by atoms with van der Waals surface area (Å²) in [6.07, 6.45) is 4.43. The lowest BCUT2D eigenvalue weighted by Gasteiger charge is -2.21. The Morgan fingerprint density at radius 2 is 1.77 bits per heavy atom. The topological polar surface area (TPSA) is 12.0 Å². The largest absolute Gasteiger partial charge is 0.314 e. The lowest BCUT2D eigenvalue weighted by Crippen LogP contribution is -2.30. The van der Waals surface area contributed by atoms with Gasteiger partial charge in [-0.15, -0.1) is 6.58 Å². The Kier molecular flexibility index (Phi) is 6.97. The molecule has 78 valence electrons. The van der Waals surface area contributed by atoms with Crippen LogP contribution in [0.4, 0.5) is 0 Å². The quantitative estimate of drug-likeness (QED) is 0.598. The zero-order chi connectivity index (χ0) is 10.3. The minimum absolute atomic E-state index is 0.606. The monoisotopic (exact) mass is 183 g/mol. The van der Waals surface area contributed by atoms with E-state index in [1.807, 2.05) is 6.08 Å². The molecule has 0 amide bonds. The van der Waals surface area contributed by atoms with Crippen LogP contribution in [0.15, 0.2) is 12.7 Å². The van der Waals surface area contributed by atoms with Gasteiger partial charge in [0.25, 0.3) is 0 Å². The predicted octanol–water partition coefficient (Wildman–Crippen LogP) is 3.22. The van der Waals surface area contributed by atoms with Crippen LogP contribution in [-0.4, -0.2) is 12.6 Å². The molecule has 0 aromatic heterocycles. The number of nitrogens with one attached hydrogen (secondary N) is 1. The highest BCUT2D eigenvalue weighted by atomic mass is 14.9. The Morgan fingerprint density at radius 1 is 1.15 bits per heavy atom. The van der Waals surface area contributed by atoms with E-state index in [9.17, 15) is 0 Å².